The van der Waals surface area contributed by atoms with Gasteiger partial charge in [-0.05, 0) is 36.8 Å². The second kappa shape index (κ2) is 6.22. The van der Waals surface area contributed by atoms with Crippen LogP contribution in [0.3, 0.4) is 0 Å². The van der Waals surface area contributed by atoms with E-state index in [1.54, 1.807) is 6.07 Å². The number of fused-ring (bicyclic) bond motifs is 2. The Hall–Kier alpha value is -2.94. The minimum Gasteiger partial charge on any atom is -0.618 e. The minimum absolute atomic E-state index is 0.718. The van der Waals surface area contributed by atoms with Crippen LogP contribution < -0.4 is 4.73 Å². The second-order valence-electron chi connectivity index (χ2n) is 5.04. The van der Waals surface area contributed by atoms with Crippen molar-refractivity contribution < 1.29 is 4.73 Å². The summed E-state index contributed by atoms with van der Waals surface area (Å²) >= 11 is 0. The monoisotopic (exact) mass is 288 g/mol. The van der Waals surface area contributed by atoms with Gasteiger partial charge in [-0.15, -0.1) is 0 Å². The van der Waals surface area contributed by atoms with Crippen molar-refractivity contribution in [2.75, 3.05) is 0 Å². The van der Waals surface area contributed by atoms with E-state index >= 15 is 0 Å². The lowest BCUT2D eigenvalue weighted by atomic mass is 10.1. The number of rotatable bonds is 0. The largest absolute Gasteiger partial charge is 0.618 e. The molecule has 0 fully saturated rings. The molecule has 0 bridgehead atoms. The van der Waals surface area contributed by atoms with Gasteiger partial charge in [0.1, 0.15) is 0 Å². The van der Waals surface area contributed by atoms with E-state index in [0.29, 0.717) is 0 Å². The van der Waals surface area contributed by atoms with Gasteiger partial charge in [0.25, 0.3) is 0 Å². The first-order valence-electron chi connectivity index (χ1n) is 7.13. The molecule has 0 aliphatic rings. The molecule has 0 spiro atoms. The number of para-hydroxylation sites is 2. The van der Waals surface area contributed by atoms with Gasteiger partial charge in [-0.1, -0.05) is 30.3 Å². The van der Waals surface area contributed by atoms with Crippen molar-refractivity contribution in [2.45, 2.75) is 6.92 Å². The predicted octanol–water partition coefficient (Wildman–Crippen LogP) is 4.02. The number of pyridine rings is 2. The molecule has 2 heterocycles. The number of hydrogen-bond donors (Lipinski definition) is 0. The number of hydrogen-bond acceptors (Lipinski definition) is 2. The molecule has 0 saturated carbocycles. The Labute approximate surface area is 129 Å². The SMILES string of the molecule is Cc1ccnc2ccccc12.[O-][n+]1cccc2ccccc21. The van der Waals surface area contributed by atoms with Crippen LogP contribution in [-0.2, 0) is 0 Å². The summed E-state index contributed by atoms with van der Waals surface area (Å²) in [4.78, 5) is 4.24. The zero-order chi connectivity index (χ0) is 15.4. The Morgan fingerprint density at radius 1 is 0.864 bits per heavy atom. The van der Waals surface area contributed by atoms with E-state index in [1.807, 2.05) is 60.8 Å². The fourth-order valence-corrected chi connectivity index (χ4v) is 2.37. The maximum Gasteiger partial charge on any atom is 0.223 e. The summed E-state index contributed by atoms with van der Waals surface area (Å²) in [5, 5.41) is 13.3. The molecule has 0 atom stereocenters. The van der Waals surface area contributed by atoms with E-state index in [4.69, 9.17) is 0 Å². The molecule has 0 aliphatic carbocycles. The number of benzene rings is 2. The molecule has 3 nitrogen and oxygen atoms in total. The summed E-state index contributed by atoms with van der Waals surface area (Å²) < 4.78 is 0.870. The molecule has 4 aromatic rings. The highest BCUT2D eigenvalue weighted by molar-refractivity contribution is 5.81. The average molecular weight is 288 g/mol. The summed E-state index contributed by atoms with van der Waals surface area (Å²) in [6, 6.07) is 21.4. The van der Waals surface area contributed by atoms with Gasteiger partial charge in [-0.2, -0.15) is 4.73 Å². The van der Waals surface area contributed by atoms with Crippen LogP contribution in [0.25, 0.3) is 21.8 Å². The smallest absolute Gasteiger partial charge is 0.223 e. The molecule has 2 aromatic heterocycles. The van der Waals surface area contributed by atoms with Gasteiger partial charge in [0.2, 0.25) is 5.52 Å². The van der Waals surface area contributed by atoms with Crippen LogP contribution in [0.1, 0.15) is 5.56 Å². The first-order valence-corrected chi connectivity index (χ1v) is 7.13. The van der Waals surface area contributed by atoms with Gasteiger partial charge in [0.05, 0.1) is 5.52 Å². The van der Waals surface area contributed by atoms with E-state index in [0.717, 1.165) is 21.2 Å². The normalized spacial score (nSPS) is 10.2. The summed E-state index contributed by atoms with van der Waals surface area (Å²) in [6.07, 6.45) is 3.35. The quantitative estimate of drug-likeness (QED) is 0.362. The summed E-state index contributed by atoms with van der Waals surface area (Å²) in [5.41, 5.74) is 3.08. The Bertz CT molecular complexity index is 831. The molecule has 2 aromatic carbocycles. The predicted molar refractivity (Wildman–Crippen MR) is 89.4 cm³/mol. The molecule has 0 radical (unpaired) electrons. The standard InChI is InChI=1S/C10H9N.C9H7NO/c1-8-6-7-11-10-5-3-2-4-9(8)10;11-10-7-3-5-8-4-1-2-6-9(8)10/h2-7H,1H3;1-7H. The topological polar surface area (TPSA) is 39.8 Å². The van der Waals surface area contributed by atoms with Gasteiger partial charge in [-0.3, -0.25) is 4.98 Å². The first kappa shape index (κ1) is 14.0. The Balaban J connectivity index is 0.000000131. The highest BCUT2D eigenvalue weighted by Crippen LogP contribution is 2.14. The van der Waals surface area contributed by atoms with Crippen molar-refractivity contribution in [3.05, 3.63) is 89.9 Å². The van der Waals surface area contributed by atoms with Crippen molar-refractivity contribution in [2.24, 2.45) is 0 Å². The van der Waals surface area contributed by atoms with Gasteiger partial charge in [0.15, 0.2) is 6.20 Å². The lowest BCUT2D eigenvalue weighted by molar-refractivity contribution is -0.577. The van der Waals surface area contributed by atoms with E-state index in [2.05, 4.69) is 18.0 Å². The highest BCUT2D eigenvalue weighted by Gasteiger charge is 1.98. The van der Waals surface area contributed by atoms with Crippen molar-refractivity contribution in [3.8, 4) is 0 Å². The molecular weight excluding hydrogens is 272 g/mol. The Kier molecular flexibility index (Phi) is 3.97. The molecule has 108 valence electrons. The maximum atomic E-state index is 11.1. The fraction of sp³-hybridized carbons (Fsp3) is 0.0526. The van der Waals surface area contributed by atoms with Gasteiger partial charge in [-0.25, -0.2) is 0 Å². The van der Waals surface area contributed by atoms with Crippen LogP contribution in [0.5, 0.6) is 0 Å². The molecule has 0 unspecified atom stereocenters. The minimum atomic E-state index is 0.718. The first-order chi connectivity index (χ1) is 10.8. The van der Waals surface area contributed by atoms with Gasteiger partial charge >= 0.3 is 0 Å². The number of nitrogens with zero attached hydrogens (tertiary/aromatic N) is 2. The molecule has 0 aliphatic heterocycles. The lowest BCUT2D eigenvalue weighted by Gasteiger charge is -1.98. The van der Waals surface area contributed by atoms with Crippen LogP contribution in [0.2, 0.25) is 0 Å². The van der Waals surface area contributed by atoms with E-state index in [9.17, 15) is 5.21 Å². The molecule has 0 amide bonds. The molecule has 3 heteroatoms. The summed E-state index contributed by atoms with van der Waals surface area (Å²) in [6.45, 7) is 2.10. The van der Waals surface area contributed by atoms with Crippen LogP contribution in [0, 0.1) is 12.1 Å². The Morgan fingerprint density at radius 2 is 1.59 bits per heavy atom. The van der Waals surface area contributed by atoms with E-state index in [-0.39, 0.29) is 0 Å². The van der Waals surface area contributed by atoms with Gasteiger partial charge in [0, 0.05) is 29.1 Å². The third-order valence-electron chi connectivity index (χ3n) is 3.54. The zero-order valence-electron chi connectivity index (χ0n) is 12.3. The van der Waals surface area contributed by atoms with E-state index in [1.165, 1.54) is 17.1 Å². The van der Waals surface area contributed by atoms with Crippen molar-refractivity contribution >= 4 is 21.8 Å². The highest BCUT2D eigenvalue weighted by atomic mass is 16.5. The van der Waals surface area contributed by atoms with Crippen LogP contribution >= 0.6 is 0 Å². The second-order valence-corrected chi connectivity index (χ2v) is 5.04. The van der Waals surface area contributed by atoms with Crippen LogP contribution in [-0.4, -0.2) is 4.98 Å². The summed E-state index contributed by atoms with van der Waals surface area (Å²) in [7, 11) is 0. The molecule has 4 rings (SSSR count). The average Bonchev–Trinajstić information content (AvgIpc) is 2.57. The van der Waals surface area contributed by atoms with Crippen LogP contribution in [0.4, 0.5) is 0 Å². The van der Waals surface area contributed by atoms with Crippen molar-refractivity contribution in [3.63, 3.8) is 0 Å². The van der Waals surface area contributed by atoms with E-state index < -0.39 is 0 Å². The maximum absolute atomic E-state index is 11.1. The summed E-state index contributed by atoms with van der Waals surface area (Å²) in [5.74, 6) is 0. The fourth-order valence-electron chi connectivity index (χ4n) is 2.37. The van der Waals surface area contributed by atoms with Gasteiger partial charge < -0.3 is 5.21 Å². The van der Waals surface area contributed by atoms with Crippen molar-refractivity contribution in [1.82, 2.24) is 4.98 Å². The molecule has 0 saturated heterocycles. The molecular formula is C19H16N2O. The number of aromatic nitrogens is 2. The van der Waals surface area contributed by atoms with Crippen LogP contribution in [0.15, 0.2) is 79.1 Å². The van der Waals surface area contributed by atoms with Crippen molar-refractivity contribution in [1.29, 1.82) is 0 Å². The lowest BCUT2D eigenvalue weighted by Crippen LogP contribution is -2.25. The third kappa shape index (κ3) is 2.88. The zero-order valence-corrected chi connectivity index (χ0v) is 12.3. The molecule has 0 N–H and O–H groups in total. The molecule has 22 heavy (non-hydrogen) atoms. The third-order valence-corrected chi connectivity index (χ3v) is 3.54. The number of aryl methyl sites for hydroxylation is 1. The Morgan fingerprint density at radius 3 is 2.41 bits per heavy atom.